The van der Waals surface area contributed by atoms with Gasteiger partial charge in [-0.25, -0.2) is 0 Å². The van der Waals surface area contributed by atoms with Gasteiger partial charge in [0, 0.05) is 43.3 Å². The Morgan fingerprint density at radius 3 is 2.54 bits per heavy atom. The zero-order valence-electron chi connectivity index (χ0n) is 15.3. The molecule has 138 valence electrons. The standard InChI is InChI=1S/C19H24N4O2S/c1-4-23-10-9-14-15(11-23)26-19(16(14)17(20)24)21-18(25)12-5-7-13(8-6-12)22(2)3/h5-8H,4,9-11H2,1-3H3,(H2,20,24)(H,21,25). The van der Waals surface area contributed by atoms with Gasteiger partial charge in [-0.15, -0.1) is 11.3 Å². The van der Waals surface area contributed by atoms with E-state index in [2.05, 4.69) is 17.1 Å². The summed E-state index contributed by atoms with van der Waals surface area (Å²) in [5.74, 6) is -0.713. The van der Waals surface area contributed by atoms with Crippen LogP contribution in [0.3, 0.4) is 0 Å². The number of nitrogens with two attached hydrogens (primary N) is 1. The molecule has 26 heavy (non-hydrogen) atoms. The Balaban J connectivity index is 1.86. The molecule has 0 atom stereocenters. The molecule has 0 spiro atoms. The molecule has 2 heterocycles. The number of carbonyl (C=O) groups is 2. The van der Waals surface area contributed by atoms with Gasteiger partial charge >= 0.3 is 0 Å². The van der Waals surface area contributed by atoms with Crippen molar-refractivity contribution < 1.29 is 9.59 Å². The third-order valence-electron chi connectivity index (χ3n) is 4.70. The molecule has 0 bridgehead atoms. The molecular formula is C19H24N4O2S. The van der Waals surface area contributed by atoms with E-state index in [1.165, 1.54) is 11.3 Å². The van der Waals surface area contributed by atoms with Gasteiger partial charge in [0.2, 0.25) is 0 Å². The van der Waals surface area contributed by atoms with Crippen LogP contribution in [0.2, 0.25) is 0 Å². The normalized spacial score (nSPS) is 14.0. The zero-order chi connectivity index (χ0) is 18.8. The van der Waals surface area contributed by atoms with Crippen LogP contribution in [0.4, 0.5) is 10.7 Å². The average molecular weight is 372 g/mol. The minimum Gasteiger partial charge on any atom is -0.378 e. The number of nitrogens with one attached hydrogen (secondary N) is 1. The van der Waals surface area contributed by atoms with Crippen molar-refractivity contribution in [2.75, 3.05) is 37.4 Å². The van der Waals surface area contributed by atoms with E-state index >= 15 is 0 Å². The second-order valence-electron chi connectivity index (χ2n) is 6.59. The van der Waals surface area contributed by atoms with Crippen molar-refractivity contribution in [1.82, 2.24) is 4.90 Å². The van der Waals surface area contributed by atoms with Crippen molar-refractivity contribution in [3.8, 4) is 0 Å². The fourth-order valence-electron chi connectivity index (χ4n) is 3.16. The van der Waals surface area contributed by atoms with Crippen LogP contribution < -0.4 is 16.0 Å². The minimum absolute atomic E-state index is 0.233. The third kappa shape index (κ3) is 3.59. The molecule has 0 radical (unpaired) electrons. The molecule has 7 heteroatoms. The van der Waals surface area contributed by atoms with E-state index in [1.54, 1.807) is 12.1 Å². The number of hydrogen-bond donors (Lipinski definition) is 2. The summed E-state index contributed by atoms with van der Waals surface area (Å²) >= 11 is 1.46. The monoisotopic (exact) mass is 372 g/mol. The van der Waals surface area contributed by atoms with Gasteiger partial charge in [-0.3, -0.25) is 14.5 Å². The van der Waals surface area contributed by atoms with Crippen molar-refractivity contribution in [3.63, 3.8) is 0 Å². The van der Waals surface area contributed by atoms with Gasteiger partial charge in [-0.2, -0.15) is 0 Å². The Morgan fingerprint density at radius 2 is 1.96 bits per heavy atom. The Hall–Kier alpha value is -2.38. The highest BCUT2D eigenvalue weighted by atomic mass is 32.1. The lowest BCUT2D eigenvalue weighted by Crippen LogP contribution is -2.30. The first-order valence-electron chi connectivity index (χ1n) is 8.66. The molecule has 6 nitrogen and oxygen atoms in total. The lowest BCUT2D eigenvalue weighted by atomic mass is 10.0. The number of carbonyl (C=O) groups excluding carboxylic acids is 2. The number of likely N-dealkylation sites (N-methyl/N-ethyl adjacent to an activating group) is 1. The van der Waals surface area contributed by atoms with Gasteiger partial charge in [0.25, 0.3) is 11.8 Å². The molecule has 2 amide bonds. The molecule has 0 unspecified atom stereocenters. The Kier molecular flexibility index (Phi) is 5.29. The van der Waals surface area contributed by atoms with Crippen LogP contribution in [0.1, 0.15) is 38.1 Å². The molecule has 1 aliphatic rings. The first kappa shape index (κ1) is 18.4. The molecule has 0 aliphatic carbocycles. The fourth-order valence-corrected chi connectivity index (χ4v) is 4.45. The summed E-state index contributed by atoms with van der Waals surface area (Å²) in [7, 11) is 3.90. The maximum atomic E-state index is 12.6. The van der Waals surface area contributed by atoms with Crippen LogP contribution in [-0.2, 0) is 13.0 Å². The molecule has 3 N–H and O–H groups in total. The SMILES string of the molecule is CCN1CCc2c(sc(NC(=O)c3ccc(N(C)C)cc3)c2C(N)=O)C1. The summed E-state index contributed by atoms with van der Waals surface area (Å²) < 4.78 is 0. The number of nitrogens with zero attached hydrogens (tertiary/aromatic N) is 2. The summed E-state index contributed by atoms with van der Waals surface area (Å²) in [5.41, 5.74) is 8.65. The second-order valence-corrected chi connectivity index (χ2v) is 7.69. The smallest absolute Gasteiger partial charge is 0.256 e. The maximum Gasteiger partial charge on any atom is 0.256 e. The van der Waals surface area contributed by atoms with E-state index < -0.39 is 5.91 Å². The molecular weight excluding hydrogens is 348 g/mol. The van der Waals surface area contributed by atoms with E-state index in [-0.39, 0.29) is 5.91 Å². The van der Waals surface area contributed by atoms with Crippen molar-refractivity contribution in [1.29, 1.82) is 0 Å². The number of benzene rings is 1. The average Bonchev–Trinajstić information content (AvgIpc) is 2.98. The summed E-state index contributed by atoms with van der Waals surface area (Å²) in [6, 6.07) is 7.34. The highest BCUT2D eigenvalue weighted by Crippen LogP contribution is 2.37. The molecule has 1 aliphatic heterocycles. The number of rotatable bonds is 5. The zero-order valence-corrected chi connectivity index (χ0v) is 16.2. The highest BCUT2D eigenvalue weighted by Gasteiger charge is 2.27. The molecule has 3 rings (SSSR count). The lowest BCUT2D eigenvalue weighted by Gasteiger charge is -2.25. The minimum atomic E-state index is -0.481. The van der Waals surface area contributed by atoms with Gasteiger partial charge in [0.1, 0.15) is 5.00 Å². The Labute approximate surface area is 157 Å². The summed E-state index contributed by atoms with van der Waals surface area (Å²) in [5, 5.41) is 3.45. The first-order chi connectivity index (χ1) is 12.4. The number of anilines is 2. The lowest BCUT2D eigenvalue weighted by molar-refractivity contribution is 0.1000. The van der Waals surface area contributed by atoms with Crippen LogP contribution in [-0.4, -0.2) is 43.9 Å². The maximum absolute atomic E-state index is 12.6. The van der Waals surface area contributed by atoms with E-state index in [0.29, 0.717) is 16.1 Å². The Morgan fingerprint density at radius 1 is 1.27 bits per heavy atom. The largest absolute Gasteiger partial charge is 0.378 e. The predicted molar refractivity (Wildman–Crippen MR) is 106 cm³/mol. The highest BCUT2D eigenvalue weighted by molar-refractivity contribution is 7.17. The van der Waals surface area contributed by atoms with E-state index in [0.717, 1.165) is 42.2 Å². The van der Waals surface area contributed by atoms with Crippen molar-refractivity contribution in [2.45, 2.75) is 19.9 Å². The van der Waals surface area contributed by atoms with Crippen LogP contribution in [0.15, 0.2) is 24.3 Å². The van der Waals surface area contributed by atoms with Gasteiger partial charge in [0.05, 0.1) is 5.56 Å². The number of hydrogen-bond acceptors (Lipinski definition) is 5. The quantitative estimate of drug-likeness (QED) is 0.845. The number of thiophene rings is 1. The van der Waals surface area contributed by atoms with Crippen LogP contribution in [0.5, 0.6) is 0 Å². The number of fused-ring (bicyclic) bond motifs is 1. The van der Waals surface area contributed by atoms with Crippen LogP contribution in [0.25, 0.3) is 0 Å². The summed E-state index contributed by atoms with van der Waals surface area (Å²) in [6.45, 7) is 4.78. The van der Waals surface area contributed by atoms with Crippen LogP contribution >= 0.6 is 11.3 Å². The molecule has 1 aromatic carbocycles. The molecule has 0 fully saturated rings. The van der Waals surface area contributed by atoms with Gasteiger partial charge in [-0.1, -0.05) is 6.92 Å². The molecule has 0 saturated heterocycles. The predicted octanol–water partition coefficient (Wildman–Crippen LogP) is 2.54. The molecule has 1 aromatic heterocycles. The van der Waals surface area contributed by atoms with Crippen molar-refractivity contribution in [2.24, 2.45) is 5.73 Å². The molecule has 2 aromatic rings. The van der Waals surface area contributed by atoms with Gasteiger partial charge < -0.3 is 16.0 Å². The Bertz CT molecular complexity index is 827. The fraction of sp³-hybridized carbons (Fsp3) is 0.368. The van der Waals surface area contributed by atoms with Crippen LogP contribution in [0, 0.1) is 0 Å². The van der Waals surface area contributed by atoms with E-state index in [4.69, 9.17) is 5.73 Å². The first-order valence-corrected chi connectivity index (χ1v) is 9.47. The number of primary amides is 1. The third-order valence-corrected chi connectivity index (χ3v) is 5.83. The van der Waals surface area contributed by atoms with Crippen molar-refractivity contribution >= 4 is 33.8 Å². The second kappa shape index (κ2) is 7.47. The summed E-state index contributed by atoms with van der Waals surface area (Å²) in [4.78, 5) is 30.0. The van der Waals surface area contributed by atoms with E-state index in [9.17, 15) is 9.59 Å². The van der Waals surface area contributed by atoms with Gasteiger partial charge in [0.15, 0.2) is 0 Å². The van der Waals surface area contributed by atoms with E-state index in [1.807, 2.05) is 31.1 Å². The number of amides is 2. The van der Waals surface area contributed by atoms with Crippen molar-refractivity contribution in [3.05, 3.63) is 45.8 Å². The molecule has 0 saturated carbocycles. The van der Waals surface area contributed by atoms with Gasteiger partial charge in [-0.05, 0) is 42.8 Å². The topological polar surface area (TPSA) is 78.7 Å². The summed E-state index contributed by atoms with van der Waals surface area (Å²) in [6.07, 6.45) is 0.783.